The predicted molar refractivity (Wildman–Crippen MR) is 86.3 cm³/mol. The number of amides is 1. The quantitative estimate of drug-likeness (QED) is 0.623. The lowest BCUT2D eigenvalue weighted by Crippen LogP contribution is -2.33. The van der Waals surface area contributed by atoms with Gasteiger partial charge in [-0.2, -0.15) is 5.26 Å². The molecule has 2 N–H and O–H groups in total. The van der Waals surface area contributed by atoms with Gasteiger partial charge in [0.2, 0.25) is 0 Å². The molecule has 0 unspecified atom stereocenters. The van der Waals surface area contributed by atoms with Gasteiger partial charge in [0, 0.05) is 18.3 Å². The van der Waals surface area contributed by atoms with Crippen molar-refractivity contribution in [3.63, 3.8) is 0 Å². The van der Waals surface area contributed by atoms with Crippen molar-refractivity contribution in [2.24, 2.45) is 0 Å². The Morgan fingerprint density at radius 3 is 2.45 bits per heavy atom. The molecule has 1 aromatic carbocycles. The Balaban J connectivity index is 2.48. The molecule has 0 radical (unpaired) electrons. The number of carbonyl (C=O) groups excluding carboxylic acids is 1. The molecule has 0 bridgehead atoms. The van der Waals surface area contributed by atoms with E-state index < -0.39 is 0 Å². The number of nitrogens with one attached hydrogen (secondary N) is 2. The molecule has 1 amide bonds. The number of methoxy groups -OCH3 is 1. The standard InChI is InChI=1S/C17H23N3O2/c1-17(2,3)20-12-14(11-18)16(21)19-10-9-13-5-7-15(22-4)8-6-13/h5-8,12,20H,9-10H2,1-4H3,(H,19,21)/b14-12-. The zero-order valence-electron chi connectivity index (χ0n) is 13.6. The summed E-state index contributed by atoms with van der Waals surface area (Å²) in [5.41, 5.74) is 0.979. The molecule has 1 rings (SSSR count). The molecule has 0 aliphatic rings. The molecule has 1 aromatic rings. The molecule has 0 aliphatic carbocycles. The van der Waals surface area contributed by atoms with Crippen LogP contribution >= 0.6 is 0 Å². The summed E-state index contributed by atoms with van der Waals surface area (Å²) in [5, 5.41) is 14.8. The summed E-state index contributed by atoms with van der Waals surface area (Å²) in [6, 6.07) is 9.57. The van der Waals surface area contributed by atoms with Crippen molar-refractivity contribution in [3.05, 3.63) is 41.6 Å². The fraction of sp³-hybridized carbons (Fsp3) is 0.412. The average Bonchev–Trinajstić information content (AvgIpc) is 2.47. The average molecular weight is 301 g/mol. The Morgan fingerprint density at radius 2 is 1.95 bits per heavy atom. The Labute approximate surface area is 132 Å². The molecule has 0 saturated carbocycles. The van der Waals surface area contributed by atoms with E-state index in [0.717, 1.165) is 11.3 Å². The van der Waals surface area contributed by atoms with Gasteiger partial charge in [0.1, 0.15) is 17.4 Å². The number of hydrogen-bond donors (Lipinski definition) is 2. The maximum Gasteiger partial charge on any atom is 0.263 e. The molecule has 0 fully saturated rings. The van der Waals surface area contributed by atoms with Crippen LogP contribution in [0.4, 0.5) is 0 Å². The third-order valence-corrected chi connectivity index (χ3v) is 2.87. The molecule has 0 heterocycles. The smallest absolute Gasteiger partial charge is 0.263 e. The van der Waals surface area contributed by atoms with Crippen molar-refractivity contribution in [2.45, 2.75) is 32.7 Å². The van der Waals surface area contributed by atoms with Crippen molar-refractivity contribution < 1.29 is 9.53 Å². The number of nitriles is 1. The highest BCUT2D eigenvalue weighted by Crippen LogP contribution is 2.11. The monoisotopic (exact) mass is 301 g/mol. The molecule has 0 aliphatic heterocycles. The SMILES string of the molecule is COc1ccc(CCNC(=O)/C(C#N)=C\NC(C)(C)C)cc1. The summed E-state index contributed by atoms with van der Waals surface area (Å²) in [5.74, 6) is 0.434. The van der Waals surface area contributed by atoms with Gasteiger partial charge in [-0.3, -0.25) is 4.79 Å². The van der Waals surface area contributed by atoms with Gasteiger partial charge in [-0.25, -0.2) is 0 Å². The van der Waals surface area contributed by atoms with E-state index in [-0.39, 0.29) is 17.0 Å². The minimum Gasteiger partial charge on any atom is -0.497 e. The van der Waals surface area contributed by atoms with E-state index in [1.807, 2.05) is 51.1 Å². The van der Waals surface area contributed by atoms with Crippen LogP contribution in [0.1, 0.15) is 26.3 Å². The van der Waals surface area contributed by atoms with Crippen molar-refractivity contribution in [1.82, 2.24) is 10.6 Å². The summed E-state index contributed by atoms with van der Waals surface area (Å²) in [4.78, 5) is 11.9. The molecule has 118 valence electrons. The first kappa shape index (κ1) is 17.6. The van der Waals surface area contributed by atoms with E-state index >= 15 is 0 Å². The maximum absolute atomic E-state index is 11.9. The van der Waals surface area contributed by atoms with E-state index in [4.69, 9.17) is 10.00 Å². The lowest BCUT2D eigenvalue weighted by Gasteiger charge is -2.18. The highest BCUT2D eigenvalue weighted by Gasteiger charge is 2.11. The van der Waals surface area contributed by atoms with Crippen LogP contribution < -0.4 is 15.4 Å². The number of carbonyl (C=O) groups is 1. The first-order valence-electron chi connectivity index (χ1n) is 7.15. The largest absolute Gasteiger partial charge is 0.497 e. The molecular formula is C17H23N3O2. The number of hydrogen-bond acceptors (Lipinski definition) is 4. The van der Waals surface area contributed by atoms with Crippen LogP contribution in [0.2, 0.25) is 0 Å². The second-order valence-electron chi connectivity index (χ2n) is 5.92. The summed E-state index contributed by atoms with van der Waals surface area (Å²) in [6.07, 6.45) is 2.16. The maximum atomic E-state index is 11.9. The molecule has 0 aromatic heterocycles. The predicted octanol–water partition coefficient (Wildman–Crippen LogP) is 2.15. The van der Waals surface area contributed by atoms with Gasteiger partial charge in [-0.15, -0.1) is 0 Å². The molecular weight excluding hydrogens is 278 g/mol. The lowest BCUT2D eigenvalue weighted by molar-refractivity contribution is -0.117. The Kier molecular flexibility index (Phi) is 6.46. The number of ether oxygens (including phenoxy) is 1. The van der Waals surface area contributed by atoms with Gasteiger partial charge in [0.25, 0.3) is 5.91 Å². The first-order chi connectivity index (χ1) is 10.4. The number of benzene rings is 1. The van der Waals surface area contributed by atoms with Gasteiger partial charge in [-0.1, -0.05) is 12.1 Å². The minimum absolute atomic E-state index is 0.0738. The minimum atomic E-state index is -0.368. The second kappa shape index (κ2) is 8.08. The molecule has 0 spiro atoms. The highest BCUT2D eigenvalue weighted by molar-refractivity contribution is 5.97. The molecule has 0 atom stereocenters. The summed E-state index contributed by atoms with van der Waals surface area (Å²) >= 11 is 0. The van der Waals surface area contributed by atoms with Crippen LogP contribution in [0, 0.1) is 11.3 Å². The summed E-state index contributed by atoms with van der Waals surface area (Å²) in [7, 11) is 1.62. The number of rotatable bonds is 6. The first-order valence-corrected chi connectivity index (χ1v) is 7.15. The van der Waals surface area contributed by atoms with Crippen LogP contribution in [-0.4, -0.2) is 25.1 Å². The number of nitrogens with zero attached hydrogens (tertiary/aromatic N) is 1. The van der Waals surface area contributed by atoms with Crippen molar-refractivity contribution in [3.8, 4) is 11.8 Å². The molecule has 22 heavy (non-hydrogen) atoms. The lowest BCUT2D eigenvalue weighted by atomic mass is 10.1. The topological polar surface area (TPSA) is 74.1 Å². The van der Waals surface area contributed by atoms with Gasteiger partial charge in [-0.05, 0) is 44.9 Å². The van der Waals surface area contributed by atoms with E-state index in [1.54, 1.807) is 7.11 Å². The van der Waals surface area contributed by atoms with E-state index in [2.05, 4.69) is 10.6 Å². The van der Waals surface area contributed by atoms with Gasteiger partial charge < -0.3 is 15.4 Å². The molecule has 5 nitrogen and oxygen atoms in total. The Morgan fingerprint density at radius 1 is 1.32 bits per heavy atom. The fourth-order valence-electron chi connectivity index (χ4n) is 1.65. The van der Waals surface area contributed by atoms with Crippen molar-refractivity contribution in [2.75, 3.05) is 13.7 Å². The van der Waals surface area contributed by atoms with E-state index in [1.165, 1.54) is 6.20 Å². The zero-order valence-corrected chi connectivity index (χ0v) is 13.6. The van der Waals surface area contributed by atoms with Crippen LogP contribution in [0.15, 0.2) is 36.0 Å². The van der Waals surface area contributed by atoms with E-state index in [0.29, 0.717) is 13.0 Å². The Bertz CT molecular complexity index is 563. The zero-order chi connectivity index (χ0) is 16.6. The van der Waals surface area contributed by atoms with Crippen LogP contribution in [0.3, 0.4) is 0 Å². The van der Waals surface area contributed by atoms with Gasteiger partial charge >= 0.3 is 0 Å². The summed E-state index contributed by atoms with van der Waals surface area (Å²) in [6.45, 7) is 6.35. The van der Waals surface area contributed by atoms with Crippen LogP contribution in [0.5, 0.6) is 5.75 Å². The van der Waals surface area contributed by atoms with Crippen molar-refractivity contribution >= 4 is 5.91 Å². The fourth-order valence-corrected chi connectivity index (χ4v) is 1.65. The normalized spacial score (nSPS) is 11.5. The van der Waals surface area contributed by atoms with E-state index in [9.17, 15) is 4.79 Å². The molecule has 0 saturated heterocycles. The Hall–Kier alpha value is -2.48. The second-order valence-corrected chi connectivity index (χ2v) is 5.92. The van der Waals surface area contributed by atoms with Gasteiger partial charge in [0.05, 0.1) is 7.11 Å². The van der Waals surface area contributed by atoms with Crippen LogP contribution in [-0.2, 0) is 11.2 Å². The third-order valence-electron chi connectivity index (χ3n) is 2.87. The highest BCUT2D eigenvalue weighted by atomic mass is 16.5. The van der Waals surface area contributed by atoms with Crippen LogP contribution in [0.25, 0.3) is 0 Å². The summed E-state index contributed by atoms with van der Waals surface area (Å²) < 4.78 is 5.09. The third kappa shape index (κ3) is 6.31. The van der Waals surface area contributed by atoms with Crippen molar-refractivity contribution in [1.29, 1.82) is 5.26 Å². The van der Waals surface area contributed by atoms with Gasteiger partial charge in [0.15, 0.2) is 0 Å². The molecule has 5 heteroatoms.